The fourth-order valence-corrected chi connectivity index (χ4v) is 4.06. The molecule has 0 spiro atoms. The molecule has 5 rings (SSSR count). The van der Waals surface area contributed by atoms with Gasteiger partial charge >= 0.3 is 0 Å². The van der Waals surface area contributed by atoms with Crippen LogP contribution in [-0.4, -0.2) is 24.1 Å². The minimum atomic E-state index is -0.159. The molecule has 1 aliphatic carbocycles. The van der Waals surface area contributed by atoms with E-state index in [-0.39, 0.29) is 11.6 Å². The Morgan fingerprint density at radius 1 is 1.36 bits per heavy atom. The first kappa shape index (κ1) is 17.4. The van der Waals surface area contributed by atoms with Crippen molar-refractivity contribution in [2.75, 3.05) is 0 Å². The monoisotopic (exact) mass is 397 g/mol. The van der Waals surface area contributed by atoms with Gasteiger partial charge in [0.15, 0.2) is 0 Å². The average molecular weight is 398 g/mol. The second-order valence-corrected chi connectivity index (χ2v) is 8.03. The Morgan fingerprint density at radius 3 is 2.86 bits per heavy atom. The van der Waals surface area contributed by atoms with Crippen molar-refractivity contribution >= 4 is 28.2 Å². The Hall–Kier alpha value is -2.67. The van der Waals surface area contributed by atoms with Crippen LogP contribution in [0, 0.1) is 5.92 Å². The Kier molecular flexibility index (Phi) is 3.84. The van der Waals surface area contributed by atoms with Gasteiger partial charge in [0, 0.05) is 12.0 Å². The molecule has 0 bridgehead atoms. The lowest BCUT2D eigenvalue weighted by Crippen LogP contribution is -2.26. The number of halogens is 1. The quantitative estimate of drug-likeness (QED) is 0.508. The van der Waals surface area contributed by atoms with E-state index >= 15 is 0 Å². The van der Waals surface area contributed by atoms with Gasteiger partial charge in [-0.2, -0.15) is 4.98 Å². The van der Waals surface area contributed by atoms with Crippen molar-refractivity contribution in [1.29, 1.82) is 0 Å². The summed E-state index contributed by atoms with van der Waals surface area (Å²) in [6, 6.07) is 5.59. The van der Waals surface area contributed by atoms with Crippen molar-refractivity contribution < 1.29 is 4.52 Å². The zero-order valence-corrected chi connectivity index (χ0v) is 16.6. The SMILES string of the molecule is CCC(C)n1c(=O)c2c(-c3noc(C4CC4C)n3)ncn2c2cccc(Cl)c21. The van der Waals surface area contributed by atoms with Crippen molar-refractivity contribution in [2.45, 2.75) is 45.6 Å². The third-order valence-corrected chi connectivity index (χ3v) is 6.07. The number of fused-ring (bicyclic) bond motifs is 3. The van der Waals surface area contributed by atoms with Crippen LogP contribution in [0.5, 0.6) is 0 Å². The smallest absolute Gasteiger partial charge is 0.278 e. The first-order valence-corrected chi connectivity index (χ1v) is 9.92. The normalized spacial score (nSPS) is 20.1. The predicted octanol–water partition coefficient (Wildman–Crippen LogP) is 4.45. The van der Waals surface area contributed by atoms with Crippen LogP contribution in [0.4, 0.5) is 0 Å². The topological polar surface area (TPSA) is 78.2 Å². The molecule has 0 N–H and O–H groups in total. The number of rotatable bonds is 4. The second kappa shape index (κ2) is 6.17. The van der Waals surface area contributed by atoms with Crippen LogP contribution in [-0.2, 0) is 0 Å². The zero-order valence-electron chi connectivity index (χ0n) is 15.9. The average Bonchev–Trinajstić information content (AvgIpc) is 3.10. The lowest BCUT2D eigenvalue weighted by molar-refractivity contribution is 0.376. The molecule has 0 aliphatic heterocycles. The molecule has 1 aliphatic rings. The van der Waals surface area contributed by atoms with E-state index in [4.69, 9.17) is 16.1 Å². The minimum Gasteiger partial charge on any atom is -0.339 e. The fraction of sp³-hybridized carbons (Fsp3) is 0.400. The molecule has 3 atom stereocenters. The summed E-state index contributed by atoms with van der Waals surface area (Å²) >= 11 is 6.49. The van der Waals surface area contributed by atoms with Gasteiger partial charge in [-0.15, -0.1) is 0 Å². The number of benzene rings is 1. The zero-order chi connectivity index (χ0) is 19.6. The minimum absolute atomic E-state index is 0.0178. The van der Waals surface area contributed by atoms with Gasteiger partial charge in [-0.25, -0.2) is 4.98 Å². The van der Waals surface area contributed by atoms with Gasteiger partial charge in [0.05, 0.1) is 16.1 Å². The molecular formula is C20H20ClN5O2. The standard InChI is InChI=1S/C20H20ClN5O2/c1-4-11(3)26-16-13(21)6-5-7-14(16)25-9-22-15(17(25)20(26)27)18-23-19(28-24-18)12-8-10(12)2/h5-7,9-12H,4,8H2,1-3H3. The van der Waals surface area contributed by atoms with Crippen molar-refractivity contribution in [3.05, 3.63) is 45.8 Å². The molecule has 3 unspecified atom stereocenters. The van der Waals surface area contributed by atoms with E-state index in [1.54, 1.807) is 21.4 Å². The molecule has 1 fully saturated rings. The third-order valence-electron chi connectivity index (χ3n) is 5.77. The summed E-state index contributed by atoms with van der Waals surface area (Å²) in [5.74, 6) is 1.84. The predicted molar refractivity (Wildman–Crippen MR) is 107 cm³/mol. The Morgan fingerprint density at radius 2 is 2.14 bits per heavy atom. The van der Waals surface area contributed by atoms with Gasteiger partial charge in [0.2, 0.25) is 11.7 Å². The van der Waals surface area contributed by atoms with Crippen LogP contribution in [0.15, 0.2) is 33.8 Å². The first-order valence-electron chi connectivity index (χ1n) is 9.55. The molecule has 3 heterocycles. The highest BCUT2D eigenvalue weighted by molar-refractivity contribution is 6.35. The summed E-state index contributed by atoms with van der Waals surface area (Å²) in [5.41, 5.74) is 2.24. The summed E-state index contributed by atoms with van der Waals surface area (Å²) in [6.45, 7) is 6.21. The number of hydrogen-bond donors (Lipinski definition) is 0. The van der Waals surface area contributed by atoms with E-state index in [1.165, 1.54) is 0 Å². The summed E-state index contributed by atoms with van der Waals surface area (Å²) in [7, 11) is 0. The van der Waals surface area contributed by atoms with E-state index in [0.717, 1.165) is 18.4 Å². The summed E-state index contributed by atoms with van der Waals surface area (Å²) < 4.78 is 8.96. The molecule has 28 heavy (non-hydrogen) atoms. The highest BCUT2D eigenvalue weighted by atomic mass is 35.5. The molecule has 4 aromatic rings. The molecule has 0 saturated heterocycles. The van der Waals surface area contributed by atoms with Crippen LogP contribution in [0.3, 0.4) is 0 Å². The molecule has 1 saturated carbocycles. The van der Waals surface area contributed by atoms with Gasteiger partial charge in [-0.3, -0.25) is 9.20 Å². The van der Waals surface area contributed by atoms with Crippen LogP contribution in [0.1, 0.15) is 51.5 Å². The molecule has 8 heteroatoms. The maximum absolute atomic E-state index is 13.5. The Balaban J connectivity index is 1.82. The largest absolute Gasteiger partial charge is 0.339 e. The van der Waals surface area contributed by atoms with Crippen molar-refractivity contribution in [2.24, 2.45) is 5.92 Å². The third kappa shape index (κ3) is 2.42. The molecule has 1 aromatic carbocycles. The maximum atomic E-state index is 13.5. The molecule has 144 valence electrons. The Labute approximate surface area is 166 Å². The molecular weight excluding hydrogens is 378 g/mol. The number of imidazole rings is 1. The number of nitrogens with zero attached hydrogens (tertiary/aromatic N) is 5. The van der Waals surface area contributed by atoms with Crippen LogP contribution >= 0.6 is 11.6 Å². The highest BCUT2D eigenvalue weighted by Crippen LogP contribution is 2.46. The molecule has 3 aromatic heterocycles. The fourth-order valence-electron chi connectivity index (χ4n) is 3.80. The van der Waals surface area contributed by atoms with Gasteiger partial charge in [-0.1, -0.05) is 36.7 Å². The maximum Gasteiger partial charge on any atom is 0.278 e. The van der Waals surface area contributed by atoms with E-state index in [1.807, 2.05) is 26.0 Å². The van der Waals surface area contributed by atoms with E-state index in [9.17, 15) is 4.79 Å². The van der Waals surface area contributed by atoms with Gasteiger partial charge in [0.25, 0.3) is 5.56 Å². The Bertz CT molecular complexity index is 1270. The van der Waals surface area contributed by atoms with E-state index in [0.29, 0.717) is 45.3 Å². The number of para-hydroxylation sites is 1. The summed E-state index contributed by atoms with van der Waals surface area (Å²) in [6.07, 6.45) is 3.47. The van der Waals surface area contributed by atoms with Gasteiger partial charge in [-0.05, 0) is 37.8 Å². The first-order chi connectivity index (χ1) is 13.5. The van der Waals surface area contributed by atoms with Crippen LogP contribution in [0.2, 0.25) is 5.02 Å². The molecule has 7 nitrogen and oxygen atoms in total. The van der Waals surface area contributed by atoms with E-state index in [2.05, 4.69) is 22.0 Å². The number of aromatic nitrogens is 5. The van der Waals surface area contributed by atoms with Crippen LogP contribution in [0.25, 0.3) is 28.1 Å². The van der Waals surface area contributed by atoms with Gasteiger partial charge < -0.3 is 9.09 Å². The lowest BCUT2D eigenvalue weighted by Gasteiger charge is -2.18. The van der Waals surface area contributed by atoms with E-state index < -0.39 is 0 Å². The molecule has 0 amide bonds. The van der Waals surface area contributed by atoms with Crippen LogP contribution < -0.4 is 5.56 Å². The summed E-state index contributed by atoms with van der Waals surface area (Å²) in [5, 5.41) is 4.64. The lowest BCUT2D eigenvalue weighted by atomic mass is 10.2. The summed E-state index contributed by atoms with van der Waals surface area (Å²) in [4.78, 5) is 22.5. The second-order valence-electron chi connectivity index (χ2n) is 7.63. The van der Waals surface area contributed by atoms with Crippen molar-refractivity contribution in [3.63, 3.8) is 0 Å². The van der Waals surface area contributed by atoms with Crippen molar-refractivity contribution in [3.8, 4) is 11.5 Å². The molecule has 0 radical (unpaired) electrons. The van der Waals surface area contributed by atoms with Crippen molar-refractivity contribution in [1.82, 2.24) is 24.1 Å². The highest BCUT2D eigenvalue weighted by Gasteiger charge is 2.39. The van der Waals surface area contributed by atoms with Gasteiger partial charge in [0.1, 0.15) is 17.5 Å². The number of hydrogen-bond acceptors (Lipinski definition) is 5.